The number of anilines is 1. The highest BCUT2D eigenvalue weighted by Crippen LogP contribution is 2.23. The standard InChI is InChI=1S/C16H21ClN2O2/c17-14-2-1-3-15(12-14)18-6-8-19(9-7-18)16(20)13-4-10-21-11-5-13/h1-3,12-13H,4-11H2. The molecule has 3 rings (SSSR count). The number of hydrogen-bond donors (Lipinski definition) is 0. The highest BCUT2D eigenvalue weighted by atomic mass is 35.5. The van der Waals surface area contributed by atoms with Gasteiger partial charge in [0.25, 0.3) is 0 Å². The molecule has 0 radical (unpaired) electrons. The zero-order valence-electron chi connectivity index (χ0n) is 12.1. The SMILES string of the molecule is O=C(C1CCOCC1)N1CCN(c2cccc(Cl)c2)CC1. The van der Waals surface area contributed by atoms with Crippen molar-refractivity contribution in [3.63, 3.8) is 0 Å². The van der Waals surface area contributed by atoms with Gasteiger partial charge in [-0.25, -0.2) is 0 Å². The van der Waals surface area contributed by atoms with E-state index in [0.717, 1.165) is 62.9 Å². The highest BCUT2D eigenvalue weighted by molar-refractivity contribution is 6.30. The van der Waals surface area contributed by atoms with Gasteiger partial charge < -0.3 is 14.5 Å². The van der Waals surface area contributed by atoms with Crippen molar-refractivity contribution in [3.8, 4) is 0 Å². The third-order valence-corrected chi connectivity index (χ3v) is 4.57. The van der Waals surface area contributed by atoms with E-state index in [4.69, 9.17) is 16.3 Å². The van der Waals surface area contributed by atoms with E-state index in [1.54, 1.807) is 0 Å². The Balaban J connectivity index is 1.56. The first-order chi connectivity index (χ1) is 10.2. The number of carbonyl (C=O) groups is 1. The van der Waals surface area contributed by atoms with E-state index in [1.807, 2.05) is 23.1 Å². The minimum atomic E-state index is 0.163. The molecule has 1 aromatic carbocycles. The van der Waals surface area contributed by atoms with Gasteiger partial charge in [-0.15, -0.1) is 0 Å². The molecule has 5 heteroatoms. The Bertz CT molecular complexity index is 495. The summed E-state index contributed by atoms with van der Waals surface area (Å²) in [5, 5.41) is 0.758. The summed E-state index contributed by atoms with van der Waals surface area (Å²) < 4.78 is 5.33. The Kier molecular flexibility index (Phi) is 4.66. The van der Waals surface area contributed by atoms with Crippen molar-refractivity contribution < 1.29 is 9.53 Å². The van der Waals surface area contributed by atoms with Gasteiger partial charge in [0.1, 0.15) is 0 Å². The van der Waals surface area contributed by atoms with Crippen LogP contribution in [-0.4, -0.2) is 50.2 Å². The predicted molar refractivity (Wildman–Crippen MR) is 83.8 cm³/mol. The number of piperazine rings is 1. The van der Waals surface area contributed by atoms with Crippen molar-refractivity contribution >= 4 is 23.2 Å². The minimum Gasteiger partial charge on any atom is -0.381 e. The van der Waals surface area contributed by atoms with Gasteiger partial charge in [-0.05, 0) is 31.0 Å². The van der Waals surface area contributed by atoms with Gasteiger partial charge in [0.15, 0.2) is 0 Å². The maximum atomic E-state index is 12.5. The maximum absolute atomic E-state index is 12.5. The summed E-state index contributed by atoms with van der Waals surface area (Å²) >= 11 is 6.04. The second kappa shape index (κ2) is 6.67. The van der Waals surface area contributed by atoms with Crippen LogP contribution in [0.25, 0.3) is 0 Å². The second-order valence-corrected chi connectivity index (χ2v) is 6.12. The van der Waals surface area contributed by atoms with Crippen LogP contribution in [0.5, 0.6) is 0 Å². The van der Waals surface area contributed by atoms with Gasteiger partial charge in [0, 0.05) is 56.0 Å². The summed E-state index contributed by atoms with van der Waals surface area (Å²) in [6, 6.07) is 7.91. The fourth-order valence-corrected chi connectivity index (χ4v) is 3.25. The predicted octanol–water partition coefficient (Wildman–Crippen LogP) is 2.42. The van der Waals surface area contributed by atoms with Crippen LogP contribution in [-0.2, 0) is 9.53 Å². The molecule has 114 valence electrons. The van der Waals surface area contributed by atoms with E-state index >= 15 is 0 Å². The van der Waals surface area contributed by atoms with Crippen LogP contribution in [0, 0.1) is 5.92 Å². The lowest BCUT2D eigenvalue weighted by Crippen LogP contribution is -2.51. The van der Waals surface area contributed by atoms with Crippen LogP contribution in [0.3, 0.4) is 0 Å². The van der Waals surface area contributed by atoms with Crippen molar-refractivity contribution in [1.29, 1.82) is 0 Å². The summed E-state index contributed by atoms with van der Waals surface area (Å²) in [6.45, 7) is 4.77. The largest absolute Gasteiger partial charge is 0.381 e. The smallest absolute Gasteiger partial charge is 0.225 e. The molecule has 0 unspecified atom stereocenters. The summed E-state index contributed by atoms with van der Waals surface area (Å²) in [6.07, 6.45) is 1.74. The zero-order chi connectivity index (χ0) is 14.7. The minimum absolute atomic E-state index is 0.163. The van der Waals surface area contributed by atoms with Crippen LogP contribution in [0.2, 0.25) is 5.02 Å². The van der Waals surface area contributed by atoms with Crippen LogP contribution in [0.15, 0.2) is 24.3 Å². The molecule has 1 aromatic rings. The van der Waals surface area contributed by atoms with Gasteiger partial charge in [-0.1, -0.05) is 17.7 Å². The molecule has 1 amide bonds. The van der Waals surface area contributed by atoms with Gasteiger partial charge in [0.2, 0.25) is 5.91 Å². The van der Waals surface area contributed by atoms with Crippen LogP contribution < -0.4 is 4.90 Å². The van der Waals surface area contributed by atoms with Gasteiger partial charge >= 0.3 is 0 Å². The first-order valence-electron chi connectivity index (χ1n) is 7.61. The Hall–Kier alpha value is -1.26. The van der Waals surface area contributed by atoms with Crippen molar-refractivity contribution in [1.82, 2.24) is 4.90 Å². The Morgan fingerprint density at radius 1 is 1.14 bits per heavy atom. The summed E-state index contributed by atoms with van der Waals surface area (Å²) in [4.78, 5) is 16.8. The molecule has 2 aliphatic heterocycles. The molecule has 0 aliphatic carbocycles. The molecule has 2 fully saturated rings. The lowest BCUT2D eigenvalue weighted by atomic mass is 9.98. The summed E-state index contributed by atoms with van der Waals surface area (Å²) in [5.41, 5.74) is 1.14. The molecule has 2 aliphatic rings. The molecule has 2 saturated heterocycles. The fraction of sp³-hybridized carbons (Fsp3) is 0.562. The Labute approximate surface area is 130 Å². The van der Waals surface area contributed by atoms with Crippen molar-refractivity contribution in [2.24, 2.45) is 5.92 Å². The van der Waals surface area contributed by atoms with Gasteiger partial charge in [0.05, 0.1) is 0 Å². The Morgan fingerprint density at radius 2 is 1.86 bits per heavy atom. The molecule has 0 bridgehead atoms. The second-order valence-electron chi connectivity index (χ2n) is 5.68. The van der Waals surface area contributed by atoms with Crippen LogP contribution >= 0.6 is 11.6 Å². The lowest BCUT2D eigenvalue weighted by molar-refractivity contribution is -0.138. The summed E-state index contributed by atoms with van der Waals surface area (Å²) in [7, 11) is 0. The first kappa shape index (κ1) is 14.7. The quantitative estimate of drug-likeness (QED) is 0.841. The monoisotopic (exact) mass is 308 g/mol. The lowest BCUT2D eigenvalue weighted by Gasteiger charge is -2.38. The number of ether oxygens (including phenoxy) is 1. The molecule has 0 spiro atoms. The van der Waals surface area contributed by atoms with E-state index in [-0.39, 0.29) is 5.92 Å². The molecule has 0 atom stereocenters. The zero-order valence-corrected chi connectivity index (χ0v) is 12.9. The van der Waals surface area contributed by atoms with Crippen molar-refractivity contribution in [3.05, 3.63) is 29.3 Å². The number of halogens is 1. The fourth-order valence-electron chi connectivity index (χ4n) is 3.06. The van der Waals surface area contributed by atoms with Crippen LogP contribution in [0.1, 0.15) is 12.8 Å². The molecule has 4 nitrogen and oxygen atoms in total. The highest BCUT2D eigenvalue weighted by Gasteiger charge is 2.28. The average molecular weight is 309 g/mol. The average Bonchev–Trinajstić information content (AvgIpc) is 2.55. The number of benzene rings is 1. The van der Waals surface area contributed by atoms with Crippen molar-refractivity contribution in [2.45, 2.75) is 12.8 Å². The number of nitrogens with zero attached hydrogens (tertiary/aromatic N) is 2. The normalized spacial score (nSPS) is 20.6. The van der Waals surface area contributed by atoms with E-state index in [0.29, 0.717) is 5.91 Å². The maximum Gasteiger partial charge on any atom is 0.225 e. The van der Waals surface area contributed by atoms with E-state index in [9.17, 15) is 4.79 Å². The van der Waals surface area contributed by atoms with E-state index in [2.05, 4.69) is 11.0 Å². The molecule has 21 heavy (non-hydrogen) atoms. The van der Waals surface area contributed by atoms with Crippen LogP contribution in [0.4, 0.5) is 5.69 Å². The van der Waals surface area contributed by atoms with Crippen molar-refractivity contribution in [2.75, 3.05) is 44.3 Å². The number of carbonyl (C=O) groups excluding carboxylic acids is 1. The molecule has 0 N–H and O–H groups in total. The summed E-state index contributed by atoms with van der Waals surface area (Å²) in [5.74, 6) is 0.473. The number of rotatable bonds is 2. The van der Waals surface area contributed by atoms with Gasteiger partial charge in [-0.2, -0.15) is 0 Å². The third-order valence-electron chi connectivity index (χ3n) is 4.34. The molecule has 0 saturated carbocycles. The number of amides is 1. The first-order valence-corrected chi connectivity index (χ1v) is 7.99. The number of hydrogen-bond acceptors (Lipinski definition) is 3. The molecule has 2 heterocycles. The molecular weight excluding hydrogens is 288 g/mol. The van der Waals surface area contributed by atoms with Gasteiger partial charge in [-0.3, -0.25) is 4.79 Å². The molecule has 0 aromatic heterocycles. The van der Waals surface area contributed by atoms with E-state index < -0.39 is 0 Å². The Morgan fingerprint density at radius 3 is 2.52 bits per heavy atom. The third kappa shape index (κ3) is 3.50. The van der Waals surface area contributed by atoms with E-state index in [1.165, 1.54) is 0 Å². The molecular formula is C16H21ClN2O2. The topological polar surface area (TPSA) is 32.8 Å².